The fraction of sp³-hybridized carbons (Fsp3) is 0.263. The number of para-hydroxylation sites is 1. The molecule has 0 bridgehead atoms. The molecular formula is C19H23N3O2S. The highest BCUT2D eigenvalue weighted by Gasteiger charge is 2.06. The van der Waals surface area contributed by atoms with Crippen molar-refractivity contribution in [3.63, 3.8) is 0 Å². The van der Waals surface area contributed by atoms with Crippen LogP contribution in [0.15, 0.2) is 48.5 Å². The monoisotopic (exact) mass is 357 g/mol. The van der Waals surface area contributed by atoms with Crippen molar-refractivity contribution in [2.24, 2.45) is 0 Å². The Balaban J connectivity index is 1.80. The zero-order valence-electron chi connectivity index (χ0n) is 14.5. The maximum atomic E-state index is 12.1. The molecule has 0 radical (unpaired) electrons. The number of carbonyl (C=O) groups excluding carboxylic acids is 1. The molecule has 0 unspecified atom stereocenters. The van der Waals surface area contributed by atoms with E-state index in [4.69, 9.17) is 17.0 Å². The van der Waals surface area contributed by atoms with Gasteiger partial charge in [0.25, 0.3) is 0 Å². The van der Waals surface area contributed by atoms with Crippen molar-refractivity contribution in [2.45, 2.75) is 20.3 Å². The SMILES string of the molecule is CCOc1ccc(NC(=S)NCC(=O)Nc2ccccc2CC)cc1. The van der Waals surface area contributed by atoms with E-state index in [0.717, 1.165) is 29.1 Å². The lowest BCUT2D eigenvalue weighted by molar-refractivity contribution is -0.115. The second kappa shape index (κ2) is 9.64. The molecule has 0 heterocycles. The Morgan fingerprint density at radius 2 is 1.76 bits per heavy atom. The van der Waals surface area contributed by atoms with Crippen LogP contribution in [0.1, 0.15) is 19.4 Å². The summed E-state index contributed by atoms with van der Waals surface area (Å²) >= 11 is 5.22. The van der Waals surface area contributed by atoms with Gasteiger partial charge in [-0.1, -0.05) is 25.1 Å². The van der Waals surface area contributed by atoms with Gasteiger partial charge in [-0.05, 0) is 61.5 Å². The van der Waals surface area contributed by atoms with Crippen molar-refractivity contribution in [2.75, 3.05) is 23.8 Å². The first kappa shape index (κ1) is 18.7. The van der Waals surface area contributed by atoms with Crippen LogP contribution in [0.4, 0.5) is 11.4 Å². The van der Waals surface area contributed by atoms with Crippen molar-refractivity contribution in [1.29, 1.82) is 0 Å². The largest absolute Gasteiger partial charge is 0.494 e. The van der Waals surface area contributed by atoms with Gasteiger partial charge in [-0.2, -0.15) is 0 Å². The zero-order valence-corrected chi connectivity index (χ0v) is 15.3. The Bertz CT molecular complexity index is 717. The van der Waals surface area contributed by atoms with Crippen molar-refractivity contribution < 1.29 is 9.53 Å². The molecule has 2 rings (SSSR count). The van der Waals surface area contributed by atoms with Gasteiger partial charge in [0.05, 0.1) is 13.2 Å². The second-order valence-electron chi connectivity index (χ2n) is 5.32. The number of benzene rings is 2. The van der Waals surface area contributed by atoms with Crippen LogP contribution in [0.25, 0.3) is 0 Å². The molecule has 1 amide bonds. The molecule has 0 saturated carbocycles. The standard InChI is InChI=1S/C19H23N3O2S/c1-3-14-7-5-6-8-17(14)22-18(23)13-20-19(25)21-15-9-11-16(12-10-15)24-4-2/h5-12H,3-4,13H2,1-2H3,(H,22,23)(H2,20,21,25). The normalized spacial score (nSPS) is 10.0. The summed E-state index contributed by atoms with van der Waals surface area (Å²) in [6, 6.07) is 15.2. The number of amides is 1. The molecule has 0 fully saturated rings. The summed E-state index contributed by atoms with van der Waals surface area (Å²) in [6.07, 6.45) is 0.863. The summed E-state index contributed by atoms with van der Waals surface area (Å²) in [5.74, 6) is 0.664. The number of ether oxygens (including phenoxy) is 1. The van der Waals surface area contributed by atoms with E-state index < -0.39 is 0 Å². The molecule has 0 spiro atoms. The Morgan fingerprint density at radius 3 is 2.44 bits per heavy atom. The van der Waals surface area contributed by atoms with Crippen LogP contribution in [0.3, 0.4) is 0 Å². The van der Waals surface area contributed by atoms with Crippen LogP contribution in [0.5, 0.6) is 5.75 Å². The lowest BCUT2D eigenvalue weighted by Crippen LogP contribution is -2.35. The average molecular weight is 357 g/mol. The highest BCUT2D eigenvalue weighted by molar-refractivity contribution is 7.80. The number of hydrogen-bond donors (Lipinski definition) is 3. The van der Waals surface area contributed by atoms with Gasteiger partial charge in [0.15, 0.2) is 5.11 Å². The van der Waals surface area contributed by atoms with E-state index in [1.165, 1.54) is 0 Å². The summed E-state index contributed by atoms with van der Waals surface area (Å²) in [5, 5.41) is 9.23. The average Bonchev–Trinajstić information content (AvgIpc) is 2.62. The van der Waals surface area contributed by atoms with Gasteiger partial charge >= 0.3 is 0 Å². The number of aryl methyl sites for hydroxylation is 1. The van der Waals surface area contributed by atoms with Crippen LogP contribution >= 0.6 is 12.2 Å². The maximum absolute atomic E-state index is 12.1. The minimum Gasteiger partial charge on any atom is -0.494 e. The van der Waals surface area contributed by atoms with E-state index in [1.807, 2.05) is 55.5 Å². The van der Waals surface area contributed by atoms with Gasteiger partial charge in [-0.15, -0.1) is 0 Å². The molecule has 6 heteroatoms. The highest BCUT2D eigenvalue weighted by Crippen LogP contribution is 2.16. The van der Waals surface area contributed by atoms with E-state index in [2.05, 4.69) is 22.9 Å². The maximum Gasteiger partial charge on any atom is 0.243 e. The first-order valence-electron chi connectivity index (χ1n) is 8.27. The number of thiocarbonyl (C=S) groups is 1. The third-order valence-electron chi connectivity index (χ3n) is 3.51. The van der Waals surface area contributed by atoms with Crippen LogP contribution in [0.2, 0.25) is 0 Å². The molecule has 25 heavy (non-hydrogen) atoms. The fourth-order valence-electron chi connectivity index (χ4n) is 2.28. The summed E-state index contributed by atoms with van der Waals surface area (Å²) in [6.45, 7) is 4.72. The Kier molecular flexibility index (Phi) is 7.22. The molecule has 2 aromatic rings. The summed E-state index contributed by atoms with van der Waals surface area (Å²) < 4.78 is 5.39. The van der Waals surface area contributed by atoms with Gasteiger partial charge in [-0.3, -0.25) is 4.79 Å². The van der Waals surface area contributed by atoms with Gasteiger partial charge < -0.3 is 20.7 Å². The molecule has 0 atom stereocenters. The molecule has 5 nitrogen and oxygen atoms in total. The van der Waals surface area contributed by atoms with Crippen molar-refractivity contribution in [3.05, 3.63) is 54.1 Å². The van der Waals surface area contributed by atoms with E-state index in [-0.39, 0.29) is 12.5 Å². The fourth-order valence-corrected chi connectivity index (χ4v) is 2.47. The Labute approximate surface area is 153 Å². The summed E-state index contributed by atoms with van der Waals surface area (Å²) in [7, 11) is 0. The second-order valence-corrected chi connectivity index (χ2v) is 5.73. The highest BCUT2D eigenvalue weighted by atomic mass is 32.1. The van der Waals surface area contributed by atoms with Crippen LogP contribution < -0.4 is 20.7 Å². The van der Waals surface area contributed by atoms with Gasteiger partial charge in [0, 0.05) is 11.4 Å². The summed E-state index contributed by atoms with van der Waals surface area (Å²) in [4.78, 5) is 12.1. The molecule has 3 N–H and O–H groups in total. The molecular weight excluding hydrogens is 334 g/mol. The van der Waals surface area contributed by atoms with Gasteiger partial charge in [0.2, 0.25) is 5.91 Å². The van der Waals surface area contributed by atoms with Crippen LogP contribution in [-0.2, 0) is 11.2 Å². The first-order chi connectivity index (χ1) is 12.1. The van der Waals surface area contributed by atoms with E-state index in [1.54, 1.807) is 0 Å². The van der Waals surface area contributed by atoms with Gasteiger partial charge in [0.1, 0.15) is 5.75 Å². The number of hydrogen-bond acceptors (Lipinski definition) is 3. The topological polar surface area (TPSA) is 62.4 Å². The van der Waals surface area contributed by atoms with E-state index in [0.29, 0.717) is 11.7 Å². The molecule has 132 valence electrons. The predicted octanol–water partition coefficient (Wildman–Crippen LogP) is 3.57. The molecule has 0 aliphatic heterocycles. The number of rotatable bonds is 7. The molecule has 2 aromatic carbocycles. The van der Waals surface area contributed by atoms with Crippen molar-refractivity contribution in [3.8, 4) is 5.75 Å². The van der Waals surface area contributed by atoms with E-state index >= 15 is 0 Å². The van der Waals surface area contributed by atoms with Crippen molar-refractivity contribution in [1.82, 2.24) is 5.32 Å². The summed E-state index contributed by atoms with van der Waals surface area (Å²) in [5.41, 5.74) is 2.77. The van der Waals surface area contributed by atoms with Gasteiger partial charge in [-0.25, -0.2) is 0 Å². The van der Waals surface area contributed by atoms with Crippen molar-refractivity contribution >= 4 is 34.6 Å². The van der Waals surface area contributed by atoms with Crippen LogP contribution in [-0.4, -0.2) is 24.2 Å². The molecule has 0 aliphatic carbocycles. The minimum atomic E-state index is -0.142. The Hall–Kier alpha value is -2.60. The molecule has 0 aromatic heterocycles. The third kappa shape index (κ3) is 6.08. The first-order valence-corrected chi connectivity index (χ1v) is 8.68. The zero-order chi connectivity index (χ0) is 18.1. The predicted molar refractivity (Wildman–Crippen MR) is 106 cm³/mol. The minimum absolute atomic E-state index is 0.0981. The third-order valence-corrected chi connectivity index (χ3v) is 3.75. The Morgan fingerprint density at radius 1 is 1.04 bits per heavy atom. The van der Waals surface area contributed by atoms with E-state index in [9.17, 15) is 4.79 Å². The smallest absolute Gasteiger partial charge is 0.243 e. The van der Waals surface area contributed by atoms with Crippen LogP contribution in [0, 0.1) is 0 Å². The quantitative estimate of drug-likeness (QED) is 0.661. The lowest BCUT2D eigenvalue weighted by Gasteiger charge is -2.12. The number of carbonyl (C=O) groups is 1. The number of nitrogens with one attached hydrogen (secondary N) is 3. The number of anilines is 2. The lowest BCUT2D eigenvalue weighted by atomic mass is 10.1. The molecule has 0 saturated heterocycles. The molecule has 0 aliphatic rings.